The van der Waals surface area contributed by atoms with Crippen molar-refractivity contribution in [2.24, 2.45) is 0 Å². The first-order valence-corrected chi connectivity index (χ1v) is 34.2. The summed E-state index contributed by atoms with van der Waals surface area (Å²) in [6, 6.07) is -0.820. The molecular formula is C69H131NO8. The van der Waals surface area contributed by atoms with Crippen LogP contribution in [0.15, 0.2) is 36.5 Å². The number of aliphatic hydroxyl groups excluding tert-OH is 5. The molecule has 1 rings (SSSR count). The molecule has 0 aromatic heterocycles. The average Bonchev–Trinajstić information content (AvgIpc) is 3.45. The van der Waals surface area contributed by atoms with E-state index in [1.807, 2.05) is 6.08 Å². The molecule has 1 heterocycles. The summed E-state index contributed by atoms with van der Waals surface area (Å²) in [5, 5.41) is 54.6. The minimum absolute atomic E-state index is 0.180. The molecule has 7 atom stereocenters. The van der Waals surface area contributed by atoms with Crippen molar-refractivity contribution in [2.45, 2.75) is 384 Å². The highest BCUT2D eigenvalue weighted by atomic mass is 16.7. The summed E-state index contributed by atoms with van der Waals surface area (Å²) in [6.07, 6.45) is 71.2. The monoisotopic (exact) mass is 1100 g/mol. The molecule has 1 saturated heterocycles. The van der Waals surface area contributed by atoms with E-state index in [9.17, 15) is 30.3 Å². The van der Waals surface area contributed by atoms with Crippen molar-refractivity contribution in [2.75, 3.05) is 13.2 Å². The lowest BCUT2D eigenvalue weighted by atomic mass is 9.99. The van der Waals surface area contributed by atoms with Gasteiger partial charge in [-0.3, -0.25) is 4.79 Å². The topological polar surface area (TPSA) is 149 Å². The second kappa shape index (κ2) is 58.6. The maximum absolute atomic E-state index is 13.1. The van der Waals surface area contributed by atoms with Gasteiger partial charge in [-0.05, 0) is 57.8 Å². The first-order chi connectivity index (χ1) is 38.3. The largest absolute Gasteiger partial charge is 0.394 e. The van der Waals surface area contributed by atoms with Crippen LogP contribution >= 0.6 is 0 Å². The molecule has 1 aliphatic rings. The van der Waals surface area contributed by atoms with E-state index < -0.39 is 49.5 Å². The molecule has 0 bridgehead atoms. The van der Waals surface area contributed by atoms with E-state index >= 15 is 0 Å². The van der Waals surface area contributed by atoms with Crippen LogP contribution in [0.4, 0.5) is 0 Å². The lowest BCUT2D eigenvalue weighted by Crippen LogP contribution is -2.60. The Morgan fingerprint density at radius 3 is 1.08 bits per heavy atom. The first kappa shape index (κ1) is 74.4. The van der Waals surface area contributed by atoms with E-state index in [2.05, 4.69) is 43.5 Å². The Balaban J connectivity index is 2.07. The van der Waals surface area contributed by atoms with Gasteiger partial charge < -0.3 is 40.3 Å². The molecule has 0 radical (unpaired) electrons. The standard InChI is InChI=1S/C69H131NO8/c1-3-5-7-9-11-13-15-17-19-21-23-24-25-26-27-28-29-30-31-32-33-34-35-36-37-38-39-40-41-43-45-47-49-51-53-55-57-59-65(73)70-62(61-77-69-68(76)67(75)66(74)64(60-71)78-69)63(72)58-56-54-52-50-48-46-44-42-22-20-18-16-14-12-10-8-6-4-2/h21,23,48,50,56,58,62-64,66-69,71-72,74-76H,3-20,22,24-47,49,51-55,57,59-61H2,1-2H3,(H,70,73)/b23-21-,50-48+,58-56+. The van der Waals surface area contributed by atoms with Gasteiger partial charge in [0, 0.05) is 6.42 Å². The zero-order valence-corrected chi connectivity index (χ0v) is 51.4. The molecule has 7 unspecified atom stereocenters. The molecule has 0 saturated carbocycles. The number of carbonyl (C=O) groups excluding carboxylic acids is 1. The number of unbranched alkanes of at least 4 members (excludes halogenated alkanes) is 46. The Kier molecular flexibility index (Phi) is 55.9. The van der Waals surface area contributed by atoms with Crippen molar-refractivity contribution in [1.29, 1.82) is 0 Å². The Morgan fingerprint density at radius 2 is 0.731 bits per heavy atom. The maximum atomic E-state index is 13.1. The van der Waals surface area contributed by atoms with Crippen molar-refractivity contribution in [3.63, 3.8) is 0 Å². The maximum Gasteiger partial charge on any atom is 0.220 e. The third-order valence-electron chi connectivity index (χ3n) is 16.4. The normalized spacial score (nSPS) is 18.8. The van der Waals surface area contributed by atoms with Crippen LogP contribution in [0, 0.1) is 0 Å². The third kappa shape index (κ3) is 47.0. The van der Waals surface area contributed by atoms with E-state index in [1.54, 1.807) is 6.08 Å². The average molecular weight is 1100 g/mol. The van der Waals surface area contributed by atoms with Gasteiger partial charge in [0.15, 0.2) is 6.29 Å². The molecule has 1 fully saturated rings. The number of ether oxygens (including phenoxy) is 2. The molecule has 0 aromatic carbocycles. The zero-order chi connectivity index (χ0) is 56.5. The van der Waals surface area contributed by atoms with Crippen LogP contribution < -0.4 is 5.32 Å². The van der Waals surface area contributed by atoms with Crippen LogP contribution in [0.5, 0.6) is 0 Å². The molecule has 0 aromatic rings. The molecule has 9 heteroatoms. The number of allylic oxidation sites excluding steroid dienone is 5. The van der Waals surface area contributed by atoms with E-state index in [1.165, 1.54) is 283 Å². The second-order valence-electron chi connectivity index (χ2n) is 24.0. The molecular weight excluding hydrogens is 971 g/mol. The Morgan fingerprint density at radius 1 is 0.423 bits per heavy atom. The van der Waals surface area contributed by atoms with Crippen molar-refractivity contribution in [1.82, 2.24) is 5.32 Å². The quantitative estimate of drug-likeness (QED) is 0.0261. The number of hydrogen-bond acceptors (Lipinski definition) is 8. The van der Waals surface area contributed by atoms with Crippen LogP contribution in [-0.2, 0) is 14.3 Å². The van der Waals surface area contributed by atoms with Crippen LogP contribution in [-0.4, -0.2) is 87.5 Å². The number of aliphatic hydroxyl groups is 5. The summed E-state index contributed by atoms with van der Waals surface area (Å²) in [5.41, 5.74) is 0. The SMILES string of the molecule is CCCCCCCCCC/C=C\CCCCCCCCCCCCCCCCCCCCCCCCCCCC(=O)NC(COC1OC(CO)C(O)C(O)C1O)C(O)/C=C/CC/C=C/CCCCCCCCCCCCCC. The fourth-order valence-corrected chi connectivity index (χ4v) is 11.1. The molecule has 78 heavy (non-hydrogen) atoms. The molecule has 460 valence electrons. The van der Waals surface area contributed by atoms with Crippen LogP contribution in [0.1, 0.15) is 341 Å². The predicted molar refractivity (Wildman–Crippen MR) is 332 cm³/mol. The smallest absolute Gasteiger partial charge is 0.220 e. The van der Waals surface area contributed by atoms with Crippen molar-refractivity contribution in [3.05, 3.63) is 36.5 Å². The van der Waals surface area contributed by atoms with Crippen LogP contribution in [0.3, 0.4) is 0 Å². The van der Waals surface area contributed by atoms with Gasteiger partial charge in [0.1, 0.15) is 24.4 Å². The van der Waals surface area contributed by atoms with Gasteiger partial charge in [-0.2, -0.15) is 0 Å². The fraction of sp³-hybridized carbons (Fsp3) is 0.899. The van der Waals surface area contributed by atoms with Gasteiger partial charge in [-0.15, -0.1) is 0 Å². The number of carbonyl (C=O) groups is 1. The van der Waals surface area contributed by atoms with E-state index in [4.69, 9.17) is 9.47 Å². The van der Waals surface area contributed by atoms with Gasteiger partial charge in [0.25, 0.3) is 0 Å². The van der Waals surface area contributed by atoms with Gasteiger partial charge >= 0.3 is 0 Å². The Hall–Kier alpha value is -1.59. The fourth-order valence-electron chi connectivity index (χ4n) is 11.1. The summed E-state index contributed by atoms with van der Waals surface area (Å²) >= 11 is 0. The Bertz CT molecular complexity index is 1320. The molecule has 1 amide bonds. The lowest BCUT2D eigenvalue weighted by Gasteiger charge is -2.40. The number of rotatable bonds is 60. The number of hydrogen-bond donors (Lipinski definition) is 6. The van der Waals surface area contributed by atoms with Crippen molar-refractivity contribution >= 4 is 5.91 Å². The molecule has 0 aliphatic carbocycles. The van der Waals surface area contributed by atoms with Crippen molar-refractivity contribution in [3.8, 4) is 0 Å². The number of amides is 1. The zero-order valence-electron chi connectivity index (χ0n) is 51.4. The van der Waals surface area contributed by atoms with Gasteiger partial charge in [-0.25, -0.2) is 0 Å². The predicted octanol–water partition coefficient (Wildman–Crippen LogP) is 18.3. The molecule has 9 nitrogen and oxygen atoms in total. The van der Waals surface area contributed by atoms with Crippen molar-refractivity contribution < 1.29 is 39.8 Å². The number of nitrogens with one attached hydrogen (secondary N) is 1. The molecule has 1 aliphatic heterocycles. The van der Waals surface area contributed by atoms with E-state index in [0.717, 1.165) is 38.5 Å². The summed E-state index contributed by atoms with van der Waals surface area (Å²) in [4.78, 5) is 13.1. The molecule has 6 N–H and O–H groups in total. The second-order valence-corrected chi connectivity index (χ2v) is 24.0. The summed E-state index contributed by atoms with van der Waals surface area (Å²) in [7, 11) is 0. The van der Waals surface area contributed by atoms with Crippen LogP contribution in [0.25, 0.3) is 0 Å². The minimum Gasteiger partial charge on any atom is -0.394 e. The highest BCUT2D eigenvalue weighted by Gasteiger charge is 2.44. The lowest BCUT2D eigenvalue weighted by molar-refractivity contribution is -0.302. The molecule has 0 spiro atoms. The highest BCUT2D eigenvalue weighted by Crippen LogP contribution is 2.23. The minimum atomic E-state index is -1.57. The van der Waals surface area contributed by atoms with E-state index in [0.29, 0.717) is 6.42 Å². The van der Waals surface area contributed by atoms with Gasteiger partial charge in [0.05, 0.1) is 25.4 Å². The van der Waals surface area contributed by atoms with Gasteiger partial charge in [-0.1, -0.05) is 314 Å². The first-order valence-electron chi connectivity index (χ1n) is 34.2. The Labute approximate surface area is 482 Å². The van der Waals surface area contributed by atoms with E-state index in [-0.39, 0.29) is 12.5 Å². The van der Waals surface area contributed by atoms with Crippen LogP contribution in [0.2, 0.25) is 0 Å². The summed E-state index contributed by atoms with van der Waals surface area (Å²) in [5.74, 6) is -0.180. The summed E-state index contributed by atoms with van der Waals surface area (Å²) < 4.78 is 11.3. The van der Waals surface area contributed by atoms with Gasteiger partial charge in [0.2, 0.25) is 5.91 Å². The summed E-state index contributed by atoms with van der Waals surface area (Å²) in [6.45, 7) is 3.80. The third-order valence-corrected chi connectivity index (χ3v) is 16.4. The highest BCUT2D eigenvalue weighted by molar-refractivity contribution is 5.76.